The van der Waals surface area contributed by atoms with E-state index in [9.17, 15) is 9.59 Å². The van der Waals surface area contributed by atoms with Gasteiger partial charge in [0.2, 0.25) is 5.91 Å². The number of hydrogen-bond acceptors (Lipinski definition) is 4. The minimum atomic E-state index is -0.270. The fourth-order valence-electron chi connectivity index (χ4n) is 2.25. The van der Waals surface area contributed by atoms with Gasteiger partial charge in [-0.2, -0.15) is 0 Å². The monoisotopic (exact) mass is 350 g/mol. The fraction of sp³-hybridized carbons (Fsp3) is 0.200. The van der Waals surface area contributed by atoms with Crippen LogP contribution in [0.25, 0.3) is 0 Å². The number of likely N-dealkylation sites (tertiary alicyclic amines) is 1. The lowest BCUT2D eigenvalue weighted by Crippen LogP contribution is -2.54. The van der Waals surface area contributed by atoms with E-state index in [0.29, 0.717) is 28.8 Å². The Labute approximate surface area is 142 Å². The lowest BCUT2D eigenvalue weighted by molar-refractivity contribution is -0.123. The van der Waals surface area contributed by atoms with Gasteiger partial charge >= 0.3 is 0 Å². The van der Waals surface area contributed by atoms with Gasteiger partial charge in [-0.25, -0.2) is 4.98 Å². The maximum atomic E-state index is 12.2. The van der Waals surface area contributed by atoms with E-state index in [-0.39, 0.29) is 23.4 Å². The van der Waals surface area contributed by atoms with Gasteiger partial charge in [-0.3, -0.25) is 14.6 Å². The maximum absolute atomic E-state index is 12.2. The molecule has 1 aromatic heterocycles. The van der Waals surface area contributed by atoms with Gasteiger partial charge in [0.25, 0.3) is 5.91 Å². The Morgan fingerprint density at radius 3 is 2.43 bits per heavy atom. The van der Waals surface area contributed by atoms with Crippen molar-refractivity contribution in [3.8, 4) is 0 Å². The van der Waals surface area contributed by atoms with Crippen molar-refractivity contribution < 1.29 is 9.59 Å². The third-order valence-corrected chi connectivity index (χ3v) is 3.89. The van der Waals surface area contributed by atoms with Crippen molar-refractivity contribution >= 4 is 40.7 Å². The molecule has 0 radical (unpaired) electrons. The van der Waals surface area contributed by atoms with Crippen molar-refractivity contribution in [2.24, 2.45) is 5.92 Å². The normalized spacial score (nSPS) is 14.3. The van der Waals surface area contributed by atoms with Crippen molar-refractivity contribution in [3.63, 3.8) is 0 Å². The predicted molar refractivity (Wildman–Crippen MR) is 86.5 cm³/mol. The van der Waals surface area contributed by atoms with Crippen LogP contribution in [-0.2, 0) is 4.79 Å². The van der Waals surface area contributed by atoms with E-state index in [1.54, 1.807) is 23.1 Å². The Kier molecular flexibility index (Phi) is 4.45. The molecule has 0 unspecified atom stereocenters. The molecule has 2 heterocycles. The number of anilines is 1. The number of nitrogens with zero attached hydrogens (tertiary/aromatic N) is 3. The third-order valence-electron chi connectivity index (χ3n) is 3.45. The summed E-state index contributed by atoms with van der Waals surface area (Å²) in [6.45, 7) is 0.686. The van der Waals surface area contributed by atoms with E-state index in [0.717, 1.165) is 0 Å². The highest BCUT2D eigenvalue weighted by Crippen LogP contribution is 2.24. The van der Waals surface area contributed by atoms with Gasteiger partial charge in [-0.15, -0.1) is 0 Å². The molecule has 1 N–H and O–H groups in total. The van der Waals surface area contributed by atoms with Gasteiger partial charge < -0.3 is 10.2 Å². The first kappa shape index (κ1) is 15.7. The Hall–Kier alpha value is -2.18. The van der Waals surface area contributed by atoms with Crippen molar-refractivity contribution in [1.29, 1.82) is 0 Å². The smallest absolute Gasteiger partial charge is 0.274 e. The molecule has 0 spiro atoms. The second-order valence-corrected chi connectivity index (χ2v) is 6.02. The Bertz CT molecular complexity index is 728. The molecule has 2 aromatic rings. The predicted octanol–water partition coefficient (Wildman–Crippen LogP) is 2.49. The van der Waals surface area contributed by atoms with Gasteiger partial charge in [-0.05, 0) is 18.2 Å². The quantitative estimate of drug-likeness (QED) is 0.922. The summed E-state index contributed by atoms with van der Waals surface area (Å²) in [6, 6.07) is 4.82. The van der Waals surface area contributed by atoms with Gasteiger partial charge in [-0.1, -0.05) is 23.2 Å². The van der Waals surface area contributed by atoms with E-state index < -0.39 is 0 Å². The Balaban J connectivity index is 1.57. The zero-order chi connectivity index (χ0) is 16.4. The lowest BCUT2D eigenvalue weighted by Gasteiger charge is -2.37. The lowest BCUT2D eigenvalue weighted by atomic mass is 9.98. The van der Waals surface area contributed by atoms with Crippen LogP contribution in [0.15, 0.2) is 36.8 Å². The molecule has 0 saturated carbocycles. The summed E-state index contributed by atoms with van der Waals surface area (Å²) in [6.07, 6.45) is 4.36. The largest absolute Gasteiger partial charge is 0.336 e. The molecule has 0 bridgehead atoms. The summed E-state index contributed by atoms with van der Waals surface area (Å²) < 4.78 is 0. The van der Waals surface area contributed by atoms with Crippen LogP contribution < -0.4 is 5.32 Å². The summed E-state index contributed by atoms with van der Waals surface area (Å²) >= 11 is 11.8. The van der Waals surface area contributed by atoms with Crippen LogP contribution in [0, 0.1) is 5.92 Å². The first-order valence-electron chi connectivity index (χ1n) is 6.85. The molecule has 1 aromatic carbocycles. The number of amides is 2. The number of carbonyl (C=O) groups excluding carboxylic acids is 2. The van der Waals surface area contributed by atoms with Crippen LogP contribution in [0.1, 0.15) is 10.5 Å². The number of hydrogen-bond donors (Lipinski definition) is 1. The Morgan fingerprint density at radius 1 is 1.13 bits per heavy atom. The number of halogens is 2. The van der Waals surface area contributed by atoms with Gasteiger partial charge in [0.1, 0.15) is 5.69 Å². The molecule has 23 heavy (non-hydrogen) atoms. The zero-order valence-electron chi connectivity index (χ0n) is 11.9. The van der Waals surface area contributed by atoms with Crippen molar-refractivity contribution in [1.82, 2.24) is 14.9 Å². The third kappa shape index (κ3) is 3.60. The van der Waals surface area contributed by atoms with Crippen LogP contribution in [0.4, 0.5) is 5.69 Å². The van der Waals surface area contributed by atoms with Crippen molar-refractivity contribution in [2.75, 3.05) is 18.4 Å². The number of rotatable bonds is 3. The highest BCUT2D eigenvalue weighted by Gasteiger charge is 2.36. The number of nitrogens with one attached hydrogen (secondary N) is 1. The Morgan fingerprint density at radius 2 is 1.83 bits per heavy atom. The van der Waals surface area contributed by atoms with Crippen LogP contribution in [0.5, 0.6) is 0 Å². The van der Waals surface area contributed by atoms with Gasteiger partial charge in [0.05, 0.1) is 12.1 Å². The van der Waals surface area contributed by atoms with Crippen LogP contribution >= 0.6 is 23.2 Å². The van der Waals surface area contributed by atoms with Gasteiger partial charge in [0, 0.05) is 41.2 Å². The van der Waals surface area contributed by atoms with Crippen LogP contribution in [0.2, 0.25) is 10.0 Å². The molecule has 8 heteroatoms. The molecule has 1 saturated heterocycles. The summed E-state index contributed by atoms with van der Waals surface area (Å²) in [7, 11) is 0. The molecule has 1 aliphatic rings. The van der Waals surface area contributed by atoms with Crippen LogP contribution in [-0.4, -0.2) is 39.8 Å². The molecule has 0 atom stereocenters. The molecule has 6 nitrogen and oxygen atoms in total. The number of benzene rings is 1. The molecule has 118 valence electrons. The van der Waals surface area contributed by atoms with E-state index in [1.165, 1.54) is 18.6 Å². The first-order valence-corrected chi connectivity index (χ1v) is 7.61. The van der Waals surface area contributed by atoms with E-state index in [1.807, 2.05) is 0 Å². The average Bonchev–Trinajstić information content (AvgIpc) is 2.45. The van der Waals surface area contributed by atoms with Crippen molar-refractivity contribution in [3.05, 3.63) is 52.5 Å². The molecule has 1 aliphatic heterocycles. The minimum absolute atomic E-state index is 0.175. The standard InChI is InChI=1S/C15H12Cl2N4O2/c16-10-3-11(17)5-12(4-10)20-14(22)9-7-21(8-9)15(23)13-6-18-1-2-19-13/h1-6,9H,7-8H2,(H,20,22). The summed E-state index contributed by atoms with van der Waals surface area (Å²) in [4.78, 5) is 33.6. The molecule has 2 amide bonds. The molecule has 1 fully saturated rings. The van der Waals surface area contributed by atoms with Crippen LogP contribution in [0.3, 0.4) is 0 Å². The second-order valence-electron chi connectivity index (χ2n) is 5.15. The SMILES string of the molecule is O=C(Nc1cc(Cl)cc(Cl)c1)C1CN(C(=O)c2cnccn2)C1. The molecular formula is C15H12Cl2N4O2. The van der Waals surface area contributed by atoms with E-state index in [4.69, 9.17) is 23.2 Å². The fourth-order valence-corrected chi connectivity index (χ4v) is 2.78. The van der Waals surface area contributed by atoms with E-state index in [2.05, 4.69) is 15.3 Å². The van der Waals surface area contributed by atoms with Gasteiger partial charge in [0.15, 0.2) is 0 Å². The summed E-state index contributed by atoms with van der Waals surface area (Å²) in [5, 5.41) is 3.64. The first-order chi connectivity index (χ1) is 11.0. The zero-order valence-corrected chi connectivity index (χ0v) is 13.4. The molecule has 3 rings (SSSR count). The topological polar surface area (TPSA) is 75.2 Å². The highest BCUT2D eigenvalue weighted by atomic mass is 35.5. The molecule has 0 aliphatic carbocycles. The minimum Gasteiger partial charge on any atom is -0.336 e. The second kappa shape index (κ2) is 6.52. The summed E-state index contributed by atoms with van der Waals surface area (Å²) in [5.74, 6) is -0.673. The molecular weight excluding hydrogens is 339 g/mol. The highest BCUT2D eigenvalue weighted by molar-refractivity contribution is 6.35. The number of aromatic nitrogens is 2. The summed E-state index contributed by atoms with van der Waals surface area (Å²) in [5.41, 5.74) is 0.805. The average molecular weight is 351 g/mol. The maximum Gasteiger partial charge on any atom is 0.274 e. The van der Waals surface area contributed by atoms with Crippen molar-refractivity contribution in [2.45, 2.75) is 0 Å². The van der Waals surface area contributed by atoms with E-state index >= 15 is 0 Å². The number of carbonyl (C=O) groups is 2.